The van der Waals surface area contributed by atoms with Crippen molar-refractivity contribution in [3.63, 3.8) is 0 Å². The molecule has 166 valence electrons. The van der Waals surface area contributed by atoms with Gasteiger partial charge in [0.1, 0.15) is 0 Å². The smallest absolute Gasteiger partial charge is 0.340 e. The highest BCUT2D eigenvalue weighted by Crippen LogP contribution is 2.25. The molecule has 0 saturated carbocycles. The summed E-state index contributed by atoms with van der Waals surface area (Å²) >= 11 is 6.01. The molecule has 0 radical (unpaired) electrons. The van der Waals surface area contributed by atoms with Crippen LogP contribution in [0.1, 0.15) is 53.2 Å². The highest BCUT2D eigenvalue weighted by molar-refractivity contribution is 6.34. The van der Waals surface area contributed by atoms with Crippen molar-refractivity contribution in [1.82, 2.24) is 10.1 Å². The summed E-state index contributed by atoms with van der Waals surface area (Å²) < 4.78 is 10.3. The summed E-state index contributed by atoms with van der Waals surface area (Å²) in [6, 6.07) is 9.69. The molecule has 0 atom stereocenters. The number of non-ortho nitro benzene ring substituents is 1. The van der Waals surface area contributed by atoms with Crippen molar-refractivity contribution in [3.8, 4) is 0 Å². The first-order valence-electron chi connectivity index (χ1n) is 9.41. The van der Waals surface area contributed by atoms with Gasteiger partial charge in [-0.3, -0.25) is 14.9 Å². The van der Waals surface area contributed by atoms with E-state index < -0.39 is 16.8 Å². The first kappa shape index (κ1) is 22.9. The van der Waals surface area contributed by atoms with Gasteiger partial charge in [0.05, 0.1) is 26.8 Å². The van der Waals surface area contributed by atoms with Gasteiger partial charge in [0.15, 0.2) is 12.4 Å². The largest absolute Gasteiger partial charge is 0.452 e. The Balaban J connectivity index is 1.73. The Morgan fingerprint density at radius 2 is 1.91 bits per heavy atom. The van der Waals surface area contributed by atoms with Gasteiger partial charge in [0.2, 0.25) is 0 Å². The van der Waals surface area contributed by atoms with Crippen molar-refractivity contribution in [1.29, 1.82) is 0 Å². The summed E-state index contributed by atoms with van der Waals surface area (Å²) in [4.78, 5) is 39.6. The topological polar surface area (TPSA) is 137 Å². The maximum absolute atomic E-state index is 12.6. The van der Waals surface area contributed by atoms with Gasteiger partial charge >= 0.3 is 5.97 Å². The van der Waals surface area contributed by atoms with Crippen LogP contribution in [0.5, 0.6) is 0 Å². The first-order valence-corrected chi connectivity index (χ1v) is 9.78. The fraction of sp³-hybridized carbons (Fsp3) is 0.238. The molecule has 0 aliphatic carbocycles. The van der Waals surface area contributed by atoms with Gasteiger partial charge in [-0.15, -0.1) is 0 Å². The summed E-state index contributed by atoms with van der Waals surface area (Å²) in [7, 11) is 0. The summed E-state index contributed by atoms with van der Waals surface area (Å²) in [6.07, 6.45) is 0. The minimum atomic E-state index is -0.716. The number of benzene rings is 2. The minimum Gasteiger partial charge on any atom is -0.452 e. The quantitative estimate of drug-likeness (QED) is 0.323. The molecule has 0 bridgehead atoms. The van der Waals surface area contributed by atoms with E-state index >= 15 is 0 Å². The average Bonchev–Trinajstić information content (AvgIpc) is 3.22. The van der Waals surface area contributed by atoms with Gasteiger partial charge < -0.3 is 14.6 Å². The van der Waals surface area contributed by atoms with Gasteiger partial charge in [-0.1, -0.05) is 49.7 Å². The van der Waals surface area contributed by atoms with E-state index in [-0.39, 0.29) is 45.4 Å². The molecule has 0 aliphatic heterocycles. The number of rotatable bonds is 6. The lowest BCUT2D eigenvalue weighted by atomic mass is 9.96. The number of carbonyl (C=O) groups excluding carboxylic acids is 2. The van der Waals surface area contributed by atoms with E-state index in [9.17, 15) is 19.7 Å². The van der Waals surface area contributed by atoms with Crippen LogP contribution in [0.15, 0.2) is 47.0 Å². The molecule has 32 heavy (non-hydrogen) atoms. The summed E-state index contributed by atoms with van der Waals surface area (Å²) in [5.41, 5.74) is -0.277. The molecule has 10 nitrogen and oxygen atoms in total. The minimum absolute atomic E-state index is 0.0148. The molecule has 0 unspecified atom stereocenters. The maximum Gasteiger partial charge on any atom is 0.340 e. The number of nitrogens with zero attached hydrogens (tertiary/aromatic N) is 3. The van der Waals surface area contributed by atoms with Crippen molar-refractivity contribution >= 4 is 34.9 Å². The van der Waals surface area contributed by atoms with Crippen LogP contribution in [0.25, 0.3) is 0 Å². The summed E-state index contributed by atoms with van der Waals surface area (Å²) in [5, 5.41) is 17.2. The predicted molar refractivity (Wildman–Crippen MR) is 115 cm³/mol. The van der Waals surface area contributed by atoms with E-state index in [2.05, 4.69) is 15.5 Å². The van der Waals surface area contributed by atoms with Crippen LogP contribution in [0.3, 0.4) is 0 Å². The van der Waals surface area contributed by atoms with Gasteiger partial charge in [-0.05, 0) is 18.2 Å². The molecule has 3 rings (SSSR count). The number of halogens is 1. The maximum atomic E-state index is 12.6. The van der Waals surface area contributed by atoms with Crippen molar-refractivity contribution in [2.24, 2.45) is 0 Å². The second-order valence-electron chi connectivity index (χ2n) is 7.76. The van der Waals surface area contributed by atoms with E-state index in [0.29, 0.717) is 5.82 Å². The fourth-order valence-electron chi connectivity index (χ4n) is 2.58. The van der Waals surface area contributed by atoms with Crippen LogP contribution in [-0.4, -0.2) is 26.9 Å². The zero-order valence-corrected chi connectivity index (χ0v) is 18.2. The number of nitro groups is 1. The summed E-state index contributed by atoms with van der Waals surface area (Å²) in [6.45, 7) is 5.52. The number of carbonyl (C=O) groups is 2. The molecule has 0 saturated heterocycles. The van der Waals surface area contributed by atoms with Crippen LogP contribution in [0, 0.1) is 10.1 Å². The number of ether oxygens (including phenoxy) is 1. The third-order valence-corrected chi connectivity index (χ3v) is 4.58. The van der Waals surface area contributed by atoms with Gasteiger partial charge in [0.25, 0.3) is 17.5 Å². The van der Waals surface area contributed by atoms with Crippen LogP contribution in [0.2, 0.25) is 5.02 Å². The van der Waals surface area contributed by atoms with Crippen molar-refractivity contribution in [3.05, 3.63) is 80.4 Å². The van der Waals surface area contributed by atoms with Crippen molar-refractivity contribution < 1.29 is 23.8 Å². The predicted octanol–water partition coefficient (Wildman–Crippen LogP) is 4.54. The summed E-state index contributed by atoms with van der Waals surface area (Å²) in [5.74, 6) is -0.735. The number of para-hydroxylation sites is 1. The van der Waals surface area contributed by atoms with E-state index in [1.807, 2.05) is 20.8 Å². The number of hydrogen-bond acceptors (Lipinski definition) is 8. The molecule has 2 aromatic carbocycles. The lowest BCUT2D eigenvalue weighted by Gasteiger charge is -2.11. The normalized spacial score (nSPS) is 11.1. The zero-order chi connectivity index (χ0) is 23.5. The zero-order valence-electron chi connectivity index (χ0n) is 17.4. The van der Waals surface area contributed by atoms with Gasteiger partial charge in [0, 0.05) is 17.5 Å². The number of hydrogen-bond donors (Lipinski definition) is 1. The highest BCUT2D eigenvalue weighted by Gasteiger charge is 2.22. The molecule has 1 aromatic heterocycles. The van der Waals surface area contributed by atoms with Crippen molar-refractivity contribution in [2.45, 2.75) is 32.8 Å². The Kier molecular flexibility index (Phi) is 6.54. The molecule has 1 heterocycles. The highest BCUT2D eigenvalue weighted by atomic mass is 35.5. The number of nitro benzene ring substituents is 1. The number of esters is 1. The van der Waals surface area contributed by atoms with Crippen LogP contribution in [-0.2, 0) is 16.8 Å². The number of amides is 1. The fourth-order valence-corrected chi connectivity index (χ4v) is 2.85. The molecule has 0 spiro atoms. The molecule has 11 heteroatoms. The monoisotopic (exact) mass is 458 g/mol. The van der Waals surface area contributed by atoms with E-state index in [1.54, 1.807) is 12.1 Å². The second-order valence-corrected chi connectivity index (χ2v) is 8.17. The van der Waals surface area contributed by atoms with Crippen LogP contribution < -0.4 is 5.32 Å². The number of aromatic nitrogens is 2. The Labute approximate surface area is 187 Å². The Morgan fingerprint density at radius 3 is 2.53 bits per heavy atom. The Hall–Kier alpha value is -3.79. The van der Waals surface area contributed by atoms with E-state index in [0.717, 1.165) is 12.1 Å². The Morgan fingerprint density at radius 1 is 1.19 bits per heavy atom. The second kappa shape index (κ2) is 9.15. The number of anilines is 1. The molecule has 1 N–H and O–H groups in total. The lowest BCUT2D eigenvalue weighted by Crippen LogP contribution is -2.16. The molecule has 0 aliphatic rings. The lowest BCUT2D eigenvalue weighted by molar-refractivity contribution is -0.384. The Bertz CT molecular complexity index is 1190. The standard InChI is InChI=1S/C21H19ClN4O6/c1-21(2,3)20-24-17(32-25-20)11-31-19(28)14-6-4-5-7-16(14)23-18(27)13-9-8-12(26(29)30)10-15(13)22/h4-10H,11H2,1-3H3,(H,23,27). The van der Waals surface area contributed by atoms with Crippen LogP contribution in [0.4, 0.5) is 11.4 Å². The third kappa shape index (κ3) is 5.27. The van der Waals surface area contributed by atoms with Crippen LogP contribution >= 0.6 is 11.6 Å². The van der Waals surface area contributed by atoms with Gasteiger partial charge in [-0.2, -0.15) is 4.98 Å². The van der Waals surface area contributed by atoms with Crippen molar-refractivity contribution in [2.75, 3.05) is 5.32 Å². The molecular weight excluding hydrogens is 440 g/mol. The van der Waals surface area contributed by atoms with E-state index in [4.69, 9.17) is 20.9 Å². The van der Waals surface area contributed by atoms with Gasteiger partial charge in [-0.25, -0.2) is 4.79 Å². The average molecular weight is 459 g/mol. The molecule has 0 fully saturated rings. The van der Waals surface area contributed by atoms with E-state index in [1.165, 1.54) is 18.2 Å². The molecular formula is C21H19ClN4O6. The molecule has 1 amide bonds. The SMILES string of the molecule is CC(C)(C)c1noc(COC(=O)c2ccccc2NC(=O)c2ccc([N+](=O)[O-])cc2Cl)n1. The first-order chi connectivity index (χ1) is 15.1. The number of nitrogens with one attached hydrogen (secondary N) is 1. The molecule has 3 aromatic rings. The third-order valence-electron chi connectivity index (χ3n) is 4.27.